The first-order valence-electron chi connectivity index (χ1n) is 7.25. The molecule has 0 saturated heterocycles. The maximum absolute atomic E-state index is 13.2. The normalized spacial score (nSPS) is 12.0. The van der Waals surface area contributed by atoms with Crippen LogP contribution in [0.4, 0.5) is 8.78 Å². The van der Waals surface area contributed by atoms with Crippen molar-refractivity contribution in [2.75, 3.05) is 6.54 Å². The van der Waals surface area contributed by atoms with Gasteiger partial charge in [0.25, 0.3) is 5.91 Å². The van der Waals surface area contributed by atoms with Gasteiger partial charge in [-0.15, -0.1) is 0 Å². The molecule has 0 radical (unpaired) electrons. The maximum atomic E-state index is 13.2. The molecule has 2 aromatic carbocycles. The van der Waals surface area contributed by atoms with Gasteiger partial charge in [-0.25, -0.2) is 8.78 Å². The average molecular weight is 340 g/mol. The predicted molar refractivity (Wildman–Crippen MR) is 84.9 cm³/mol. The van der Waals surface area contributed by atoms with Gasteiger partial charge in [-0.2, -0.15) is 0 Å². The van der Waals surface area contributed by atoms with Gasteiger partial charge in [-0.1, -0.05) is 29.8 Å². The number of hydrogen-bond donors (Lipinski definition) is 2. The zero-order valence-electron chi connectivity index (χ0n) is 12.7. The highest BCUT2D eigenvalue weighted by Crippen LogP contribution is 2.14. The molecule has 3 N–H and O–H groups in total. The van der Waals surface area contributed by atoms with Crippen molar-refractivity contribution >= 4 is 17.5 Å². The Bertz CT molecular complexity index is 694. The molecule has 1 amide bonds. The van der Waals surface area contributed by atoms with Crippen LogP contribution in [0, 0.1) is 11.6 Å². The third-order valence-corrected chi connectivity index (χ3v) is 3.93. The summed E-state index contributed by atoms with van der Waals surface area (Å²) in [4.78, 5) is 11.9. The fourth-order valence-corrected chi connectivity index (χ4v) is 2.33. The van der Waals surface area contributed by atoms with Crippen LogP contribution in [0.25, 0.3) is 0 Å². The summed E-state index contributed by atoms with van der Waals surface area (Å²) < 4.78 is 26.1. The second-order valence-corrected chi connectivity index (χ2v) is 5.68. The summed E-state index contributed by atoms with van der Waals surface area (Å²) in [7, 11) is 0. The van der Waals surface area contributed by atoms with Gasteiger partial charge in [0.15, 0.2) is 18.2 Å². The molecule has 6 heteroatoms. The lowest BCUT2D eigenvalue weighted by Crippen LogP contribution is -2.87. The van der Waals surface area contributed by atoms with Gasteiger partial charge in [0.2, 0.25) is 0 Å². The van der Waals surface area contributed by atoms with E-state index in [0.717, 1.165) is 17.7 Å². The molecule has 122 valence electrons. The van der Waals surface area contributed by atoms with Crippen LogP contribution in [-0.2, 0) is 11.3 Å². The molecule has 2 aromatic rings. The smallest absolute Gasteiger partial charge is 0.275 e. The van der Waals surface area contributed by atoms with E-state index in [4.69, 9.17) is 11.6 Å². The van der Waals surface area contributed by atoms with Crippen molar-refractivity contribution in [1.82, 2.24) is 5.32 Å². The van der Waals surface area contributed by atoms with Crippen molar-refractivity contribution in [3.8, 4) is 0 Å². The number of quaternary nitrogens is 1. The van der Waals surface area contributed by atoms with Crippen LogP contribution in [0.5, 0.6) is 0 Å². The van der Waals surface area contributed by atoms with E-state index in [9.17, 15) is 13.6 Å². The lowest BCUT2D eigenvalue weighted by molar-refractivity contribution is -0.682. The molecule has 0 fully saturated rings. The van der Waals surface area contributed by atoms with Gasteiger partial charge in [0, 0.05) is 17.1 Å². The SMILES string of the molecule is C[C@H]([NH2+]CC(=O)NCc1ccccc1Cl)c1ccc(F)c(F)c1. The molecular weight excluding hydrogens is 322 g/mol. The van der Waals surface area contributed by atoms with Gasteiger partial charge in [-0.3, -0.25) is 4.79 Å². The molecule has 0 bridgehead atoms. The minimum atomic E-state index is -0.883. The van der Waals surface area contributed by atoms with Crippen LogP contribution in [0.1, 0.15) is 24.1 Å². The Balaban J connectivity index is 1.82. The molecule has 23 heavy (non-hydrogen) atoms. The van der Waals surface area contributed by atoms with E-state index in [2.05, 4.69) is 5.32 Å². The molecule has 1 atom stereocenters. The van der Waals surface area contributed by atoms with Gasteiger partial charge in [0.1, 0.15) is 6.04 Å². The summed E-state index contributed by atoms with van der Waals surface area (Å²) in [5.41, 5.74) is 1.47. The molecule has 0 aliphatic heterocycles. The van der Waals surface area contributed by atoms with E-state index in [1.54, 1.807) is 11.4 Å². The first-order chi connectivity index (χ1) is 11.0. The Hall–Kier alpha value is -1.98. The molecule has 0 unspecified atom stereocenters. The van der Waals surface area contributed by atoms with E-state index in [1.807, 2.05) is 25.1 Å². The summed E-state index contributed by atoms with van der Waals surface area (Å²) >= 11 is 6.02. The Morgan fingerprint density at radius 3 is 2.65 bits per heavy atom. The maximum Gasteiger partial charge on any atom is 0.275 e. The summed E-state index contributed by atoms with van der Waals surface area (Å²) in [6.07, 6.45) is 0. The predicted octanol–water partition coefficient (Wildman–Crippen LogP) is 2.56. The summed E-state index contributed by atoms with van der Waals surface area (Å²) in [5.74, 6) is -1.91. The number of benzene rings is 2. The zero-order valence-corrected chi connectivity index (χ0v) is 13.4. The van der Waals surface area contributed by atoms with Gasteiger partial charge in [0.05, 0.1) is 0 Å². The second kappa shape index (κ2) is 8.04. The lowest BCUT2D eigenvalue weighted by atomic mass is 10.1. The van der Waals surface area contributed by atoms with Crippen molar-refractivity contribution in [3.63, 3.8) is 0 Å². The number of nitrogens with two attached hydrogens (primary N) is 1. The number of carbonyl (C=O) groups is 1. The van der Waals surface area contributed by atoms with E-state index in [0.29, 0.717) is 17.1 Å². The van der Waals surface area contributed by atoms with Crippen molar-refractivity contribution < 1.29 is 18.9 Å². The fourth-order valence-electron chi connectivity index (χ4n) is 2.12. The molecule has 3 nitrogen and oxygen atoms in total. The third kappa shape index (κ3) is 5.01. The lowest BCUT2D eigenvalue weighted by Gasteiger charge is -2.12. The van der Waals surface area contributed by atoms with Crippen LogP contribution in [0.15, 0.2) is 42.5 Å². The highest BCUT2D eigenvalue weighted by Gasteiger charge is 2.13. The Morgan fingerprint density at radius 2 is 1.96 bits per heavy atom. The van der Waals surface area contributed by atoms with E-state index in [1.165, 1.54) is 6.07 Å². The number of hydrogen-bond acceptors (Lipinski definition) is 1. The molecule has 0 aromatic heterocycles. The topological polar surface area (TPSA) is 45.7 Å². The average Bonchev–Trinajstić information content (AvgIpc) is 2.54. The molecular formula is C17H18ClF2N2O+. The minimum absolute atomic E-state index is 0.153. The van der Waals surface area contributed by atoms with Crippen LogP contribution >= 0.6 is 11.6 Å². The highest BCUT2D eigenvalue weighted by molar-refractivity contribution is 6.31. The van der Waals surface area contributed by atoms with Crippen LogP contribution in [-0.4, -0.2) is 12.5 Å². The van der Waals surface area contributed by atoms with Gasteiger partial charge in [-0.05, 0) is 36.8 Å². The van der Waals surface area contributed by atoms with Crippen molar-refractivity contribution in [3.05, 3.63) is 70.2 Å². The van der Waals surface area contributed by atoms with Crippen LogP contribution in [0.2, 0.25) is 5.02 Å². The fraction of sp³-hybridized carbons (Fsp3) is 0.235. The zero-order chi connectivity index (χ0) is 16.8. The van der Waals surface area contributed by atoms with Crippen LogP contribution in [0.3, 0.4) is 0 Å². The number of nitrogens with one attached hydrogen (secondary N) is 1. The number of carbonyl (C=O) groups excluding carboxylic acids is 1. The highest BCUT2D eigenvalue weighted by atomic mass is 35.5. The molecule has 2 rings (SSSR count). The van der Waals surface area contributed by atoms with Crippen molar-refractivity contribution in [1.29, 1.82) is 0 Å². The van der Waals surface area contributed by atoms with E-state index >= 15 is 0 Å². The van der Waals surface area contributed by atoms with Crippen LogP contribution < -0.4 is 10.6 Å². The van der Waals surface area contributed by atoms with Crippen molar-refractivity contribution in [2.45, 2.75) is 19.5 Å². The molecule has 0 spiro atoms. The number of halogens is 3. The van der Waals surface area contributed by atoms with Gasteiger partial charge < -0.3 is 10.6 Å². The Labute approximate surface area is 138 Å². The summed E-state index contributed by atoms with van der Waals surface area (Å²) in [6, 6.07) is 10.9. The third-order valence-electron chi connectivity index (χ3n) is 3.56. The molecule has 0 aliphatic rings. The monoisotopic (exact) mass is 339 g/mol. The Morgan fingerprint density at radius 1 is 1.22 bits per heavy atom. The molecule has 0 heterocycles. The first-order valence-corrected chi connectivity index (χ1v) is 7.63. The van der Waals surface area contributed by atoms with Gasteiger partial charge >= 0.3 is 0 Å². The number of amides is 1. The quantitative estimate of drug-likeness (QED) is 0.834. The second-order valence-electron chi connectivity index (χ2n) is 5.27. The minimum Gasteiger partial charge on any atom is -0.347 e. The summed E-state index contributed by atoms with van der Waals surface area (Å²) in [6.45, 7) is 2.37. The first kappa shape index (κ1) is 17.4. The van der Waals surface area contributed by atoms with E-state index in [-0.39, 0.29) is 18.5 Å². The van der Waals surface area contributed by atoms with E-state index < -0.39 is 11.6 Å². The standard InChI is InChI=1S/C17H17ClF2N2O/c1-11(12-6-7-15(19)16(20)8-12)21-10-17(23)22-9-13-4-2-3-5-14(13)18/h2-8,11,21H,9-10H2,1H3,(H,22,23)/p+1/t11-/m0/s1. The summed E-state index contributed by atoms with van der Waals surface area (Å²) in [5, 5.41) is 5.14. The largest absolute Gasteiger partial charge is 0.347 e. The molecule has 0 saturated carbocycles. The number of rotatable bonds is 6. The van der Waals surface area contributed by atoms with Crippen molar-refractivity contribution in [2.24, 2.45) is 0 Å². The molecule has 0 aliphatic carbocycles. The Kier molecular flexibility index (Phi) is 6.07.